The van der Waals surface area contributed by atoms with Crippen LogP contribution in [0.15, 0.2) is 29.6 Å². The number of fused-ring (bicyclic) bond motifs is 1. The molecule has 3 nitrogen and oxygen atoms in total. The Morgan fingerprint density at radius 3 is 2.95 bits per heavy atom. The van der Waals surface area contributed by atoms with Crippen molar-refractivity contribution in [3.8, 4) is 0 Å². The predicted octanol–water partition coefficient (Wildman–Crippen LogP) is 3.25. The van der Waals surface area contributed by atoms with Crippen molar-refractivity contribution in [1.82, 2.24) is 5.32 Å². The second-order valence-corrected chi connectivity index (χ2v) is 6.05. The normalized spacial score (nSPS) is 15.0. The number of nitrogens with one attached hydrogen (secondary N) is 2. The molecule has 20 heavy (non-hydrogen) atoms. The Bertz CT molecular complexity index is 648. The van der Waals surface area contributed by atoms with Gasteiger partial charge in [-0.2, -0.15) is 0 Å². The van der Waals surface area contributed by atoms with E-state index in [1.54, 1.807) is 11.3 Å². The van der Waals surface area contributed by atoms with Gasteiger partial charge in [0.05, 0.1) is 12.5 Å². The minimum absolute atomic E-state index is 0.0875. The number of rotatable bonds is 4. The third-order valence-corrected chi connectivity index (χ3v) is 4.74. The van der Waals surface area contributed by atoms with Gasteiger partial charge in [-0.05, 0) is 47.7 Å². The molecule has 104 valence electrons. The topological polar surface area (TPSA) is 41.1 Å². The van der Waals surface area contributed by atoms with E-state index >= 15 is 0 Å². The molecule has 4 heteroatoms. The van der Waals surface area contributed by atoms with E-state index < -0.39 is 0 Å². The van der Waals surface area contributed by atoms with Gasteiger partial charge in [0.15, 0.2) is 0 Å². The van der Waals surface area contributed by atoms with E-state index in [9.17, 15) is 4.79 Å². The van der Waals surface area contributed by atoms with Crippen LogP contribution in [0.5, 0.6) is 0 Å². The Morgan fingerprint density at radius 1 is 1.40 bits per heavy atom. The Labute approximate surface area is 123 Å². The van der Waals surface area contributed by atoms with E-state index in [1.807, 2.05) is 6.07 Å². The summed E-state index contributed by atoms with van der Waals surface area (Å²) in [6.07, 6.45) is 0.492. The van der Waals surface area contributed by atoms with Gasteiger partial charge in [-0.25, -0.2) is 0 Å². The minimum atomic E-state index is 0.0875. The standard InChI is InChI=1S/C16H18N2OS/c1-3-17-15(16-10(2)6-7-20-16)11-4-5-13-12(8-11)9-14(19)18-13/h4-8,15,17H,3,9H2,1-2H3,(H,18,19). The van der Waals surface area contributed by atoms with E-state index in [1.165, 1.54) is 16.0 Å². The third kappa shape index (κ3) is 2.37. The van der Waals surface area contributed by atoms with Gasteiger partial charge in [0, 0.05) is 10.6 Å². The van der Waals surface area contributed by atoms with Crippen molar-refractivity contribution in [3.05, 3.63) is 51.2 Å². The Kier molecular flexibility index (Phi) is 3.59. The molecule has 1 unspecified atom stereocenters. The molecule has 0 saturated carbocycles. The summed E-state index contributed by atoms with van der Waals surface area (Å²) in [5.74, 6) is 0.0875. The van der Waals surface area contributed by atoms with Crippen molar-refractivity contribution in [3.63, 3.8) is 0 Å². The molecule has 1 aliphatic rings. The summed E-state index contributed by atoms with van der Waals surface area (Å²) in [6.45, 7) is 5.18. The van der Waals surface area contributed by atoms with Gasteiger partial charge in [-0.1, -0.05) is 19.1 Å². The molecule has 3 rings (SSSR count). The number of benzene rings is 1. The smallest absolute Gasteiger partial charge is 0.228 e. The number of hydrogen-bond donors (Lipinski definition) is 2. The molecular weight excluding hydrogens is 268 g/mol. The first-order chi connectivity index (χ1) is 9.69. The fourth-order valence-corrected chi connectivity index (χ4v) is 3.70. The van der Waals surface area contributed by atoms with Crippen molar-refractivity contribution in [2.24, 2.45) is 0 Å². The molecule has 2 N–H and O–H groups in total. The van der Waals surface area contributed by atoms with Gasteiger partial charge >= 0.3 is 0 Å². The molecule has 1 aromatic heterocycles. The fourth-order valence-electron chi connectivity index (χ4n) is 2.68. The summed E-state index contributed by atoms with van der Waals surface area (Å²) in [5, 5.41) is 8.57. The van der Waals surface area contributed by atoms with Crippen LogP contribution in [0.2, 0.25) is 0 Å². The highest BCUT2D eigenvalue weighted by Gasteiger charge is 2.21. The van der Waals surface area contributed by atoms with Crippen LogP contribution in [0.25, 0.3) is 0 Å². The van der Waals surface area contributed by atoms with E-state index in [2.05, 4.69) is 48.1 Å². The van der Waals surface area contributed by atoms with Gasteiger partial charge in [-0.15, -0.1) is 11.3 Å². The summed E-state index contributed by atoms with van der Waals surface area (Å²) in [4.78, 5) is 12.8. The van der Waals surface area contributed by atoms with Crippen LogP contribution in [0.4, 0.5) is 5.69 Å². The van der Waals surface area contributed by atoms with Crippen LogP contribution in [-0.2, 0) is 11.2 Å². The third-order valence-electron chi connectivity index (χ3n) is 3.66. The van der Waals surface area contributed by atoms with Crippen molar-refractivity contribution in [1.29, 1.82) is 0 Å². The van der Waals surface area contributed by atoms with E-state index in [0.29, 0.717) is 6.42 Å². The van der Waals surface area contributed by atoms with E-state index in [0.717, 1.165) is 17.8 Å². The van der Waals surface area contributed by atoms with Crippen LogP contribution < -0.4 is 10.6 Å². The van der Waals surface area contributed by atoms with Crippen LogP contribution in [0.3, 0.4) is 0 Å². The Balaban J connectivity index is 1.99. The lowest BCUT2D eigenvalue weighted by atomic mass is 9.99. The number of aryl methyl sites for hydroxylation is 1. The molecule has 1 aromatic carbocycles. The van der Waals surface area contributed by atoms with Gasteiger partial charge in [0.25, 0.3) is 0 Å². The lowest BCUT2D eigenvalue weighted by Gasteiger charge is -2.19. The Hall–Kier alpha value is -1.65. The molecule has 1 atom stereocenters. The molecule has 0 bridgehead atoms. The molecule has 0 spiro atoms. The van der Waals surface area contributed by atoms with Crippen molar-refractivity contribution in [2.75, 3.05) is 11.9 Å². The minimum Gasteiger partial charge on any atom is -0.326 e. The summed E-state index contributed by atoms with van der Waals surface area (Å²) in [5.41, 5.74) is 4.60. The van der Waals surface area contributed by atoms with E-state index in [4.69, 9.17) is 0 Å². The zero-order valence-electron chi connectivity index (χ0n) is 11.7. The second-order valence-electron chi connectivity index (χ2n) is 5.10. The zero-order valence-corrected chi connectivity index (χ0v) is 12.5. The molecule has 1 amide bonds. The first-order valence-electron chi connectivity index (χ1n) is 6.89. The predicted molar refractivity (Wildman–Crippen MR) is 83.4 cm³/mol. The number of carbonyl (C=O) groups excluding carboxylic acids is 1. The highest BCUT2D eigenvalue weighted by atomic mass is 32.1. The highest BCUT2D eigenvalue weighted by molar-refractivity contribution is 7.10. The lowest BCUT2D eigenvalue weighted by Crippen LogP contribution is -2.21. The van der Waals surface area contributed by atoms with Crippen molar-refractivity contribution < 1.29 is 4.79 Å². The van der Waals surface area contributed by atoms with Crippen LogP contribution in [0.1, 0.15) is 34.5 Å². The highest BCUT2D eigenvalue weighted by Crippen LogP contribution is 2.32. The Morgan fingerprint density at radius 2 is 2.25 bits per heavy atom. The van der Waals surface area contributed by atoms with E-state index in [-0.39, 0.29) is 11.9 Å². The van der Waals surface area contributed by atoms with Crippen molar-refractivity contribution in [2.45, 2.75) is 26.3 Å². The number of thiophene rings is 1. The monoisotopic (exact) mass is 286 g/mol. The number of hydrogen-bond acceptors (Lipinski definition) is 3. The SMILES string of the molecule is CCNC(c1ccc2c(c1)CC(=O)N2)c1sccc1C. The summed E-state index contributed by atoms with van der Waals surface area (Å²) in [7, 11) is 0. The van der Waals surface area contributed by atoms with Crippen LogP contribution in [0, 0.1) is 6.92 Å². The molecule has 0 radical (unpaired) electrons. The van der Waals surface area contributed by atoms with Gasteiger partial charge in [0.2, 0.25) is 5.91 Å². The number of anilines is 1. The average Bonchev–Trinajstić information content (AvgIpc) is 3.00. The lowest BCUT2D eigenvalue weighted by molar-refractivity contribution is -0.115. The fraction of sp³-hybridized carbons (Fsp3) is 0.312. The molecule has 0 saturated heterocycles. The average molecular weight is 286 g/mol. The molecule has 0 fully saturated rings. The van der Waals surface area contributed by atoms with Crippen molar-refractivity contribution >= 4 is 22.9 Å². The van der Waals surface area contributed by atoms with Gasteiger partial charge in [0.1, 0.15) is 0 Å². The maximum Gasteiger partial charge on any atom is 0.228 e. The summed E-state index contributed by atoms with van der Waals surface area (Å²) >= 11 is 1.78. The van der Waals surface area contributed by atoms with Gasteiger partial charge in [-0.3, -0.25) is 4.79 Å². The molecule has 2 aromatic rings. The quantitative estimate of drug-likeness (QED) is 0.906. The largest absolute Gasteiger partial charge is 0.326 e. The first kappa shape index (κ1) is 13.3. The molecule has 1 aliphatic heterocycles. The molecular formula is C16H18N2OS. The number of carbonyl (C=O) groups is 1. The summed E-state index contributed by atoms with van der Waals surface area (Å²) < 4.78 is 0. The zero-order chi connectivity index (χ0) is 14.1. The molecule has 2 heterocycles. The summed E-state index contributed by atoms with van der Waals surface area (Å²) in [6, 6.07) is 8.64. The maximum absolute atomic E-state index is 11.5. The maximum atomic E-state index is 11.5. The first-order valence-corrected chi connectivity index (χ1v) is 7.77. The number of amides is 1. The second kappa shape index (κ2) is 5.38. The van der Waals surface area contributed by atoms with Crippen LogP contribution >= 0.6 is 11.3 Å². The van der Waals surface area contributed by atoms with Crippen LogP contribution in [-0.4, -0.2) is 12.5 Å². The molecule has 0 aliphatic carbocycles. The van der Waals surface area contributed by atoms with Gasteiger partial charge < -0.3 is 10.6 Å².